The molecule has 0 aliphatic heterocycles. The van der Waals surface area contributed by atoms with E-state index in [1.165, 1.54) is 37.3 Å². The molecule has 0 unspecified atom stereocenters. The molecule has 2 rings (SSSR count). The van der Waals surface area contributed by atoms with E-state index in [-0.39, 0.29) is 5.57 Å². The van der Waals surface area contributed by atoms with Gasteiger partial charge in [-0.3, -0.25) is 0 Å². The van der Waals surface area contributed by atoms with E-state index in [9.17, 15) is 21.6 Å². The lowest BCUT2D eigenvalue weighted by Gasteiger charge is -2.14. The van der Waals surface area contributed by atoms with Crippen molar-refractivity contribution in [2.45, 2.75) is 17.1 Å². The summed E-state index contributed by atoms with van der Waals surface area (Å²) in [4.78, 5) is -0.455. The number of sulfone groups is 1. The lowest BCUT2D eigenvalue weighted by atomic mass is 10.1. The van der Waals surface area contributed by atoms with Gasteiger partial charge in [-0.1, -0.05) is 30.3 Å². The molecular weight excluding hydrogens is 313 g/mol. The third-order valence-electron chi connectivity index (χ3n) is 3.10. The largest absolute Gasteiger partial charge is 0.369 e. The van der Waals surface area contributed by atoms with Gasteiger partial charge in [0.1, 0.15) is 5.82 Å². The first kappa shape index (κ1) is 16.3. The fraction of sp³-hybridized carbons (Fsp3) is 0.125. The van der Waals surface area contributed by atoms with Crippen LogP contribution in [-0.4, -0.2) is 13.7 Å². The van der Waals surface area contributed by atoms with E-state index in [1.54, 1.807) is 0 Å². The molecule has 0 saturated carbocycles. The number of alkyl halides is 2. The van der Waals surface area contributed by atoms with Crippen molar-refractivity contribution in [3.63, 3.8) is 0 Å². The Kier molecular flexibility index (Phi) is 4.42. The number of halogens is 3. The van der Waals surface area contributed by atoms with Crippen LogP contribution < -0.4 is 0 Å². The molecule has 0 aliphatic rings. The zero-order chi connectivity index (χ0) is 16.4. The fourth-order valence-corrected chi connectivity index (χ4v) is 3.04. The minimum Gasteiger partial charge on any atom is -0.217 e. The molecule has 0 aromatic heterocycles. The minimum absolute atomic E-state index is 0.0458. The van der Waals surface area contributed by atoms with Crippen LogP contribution in [0.5, 0.6) is 0 Å². The molecule has 0 radical (unpaired) electrons. The van der Waals surface area contributed by atoms with E-state index in [0.29, 0.717) is 11.6 Å². The lowest BCUT2D eigenvalue weighted by molar-refractivity contribution is 0.147. The molecule has 0 amide bonds. The van der Waals surface area contributed by atoms with Crippen LogP contribution in [0.2, 0.25) is 0 Å². The van der Waals surface area contributed by atoms with Crippen molar-refractivity contribution in [3.05, 3.63) is 72.1 Å². The van der Waals surface area contributed by atoms with Crippen LogP contribution in [-0.2, 0) is 9.84 Å². The zero-order valence-corrected chi connectivity index (χ0v) is 12.4. The normalized spacial score (nSPS) is 13.2. The van der Waals surface area contributed by atoms with Crippen LogP contribution in [0.3, 0.4) is 0 Å². The van der Waals surface area contributed by atoms with Gasteiger partial charge in [-0.15, -0.1) is 0 Å². The SMILES string of the molecule is C/C(=C\C(F)(F)S(=O)(=O)c1ccccc1)c1ccc(F)cc1. The fourth-order valence-electron chi connectivity index (χ4n) is 1.88. The monoisotopic (exact) mass is 326 g/mol. The lowest BCUT2D eigenvalue weighted by Crippen LogP contribution is -2.26. The summed E-state index contributed by atoms with van der Waals surface area (Å²) in [7, 11) is -4.83. The summed E-state index contributed by atoms with van der Waals surface area (Å²) in [6, 6.07) is 11.4. The van der Waals surface area contributed by atoms with Gasteiger partial charge in [-0.25, -0.2) is 12.8 Å². The van der Waals surface area contributed by atoms with Gasteiger partial charge in [-0.05, 0) is 42.3 Å². The van der Waals surface area contributed by atoms with Gasteiger partial charge in [0.15, 0.2) is 0 Å². The molecule has 22 heavy (non-hydrogen) atoms. The number of hydrogen-bond acceptors (Lipinski definition) is 2. The average Bonchev–Trinajstić information content (AvgIpc) is 2.48. The highest BCUT2D eigenvalue weighted by Gasteiger charge is 2.43. The molecule has 0 aliphatic carbocycles. The van der Waals surface area contributed by atoms with Crippen molar-refractivity contribution in [2.24, 2.45) is 0 Å². The highest BCUT2D eigenvalue weighted by molar-refractivity contribution is 7.92. The molecule has 6 heteroatoms. The van der Waals surface area contributed by atoms with Crippen molar-refractivity contribution < 1.29 is 21.6 Å². The standard InChI is InChI=1S/C16H13F3O2S/c1-12(13-7-9-14(17)10-8-13)11-16(18,19)22(20,21)15-5-3-2-4-6-15/h2-11H,1H3/b12-11+. The first-order valence-corrected chi connectivity index (χ1v) is 7.85. The number of benzene rings is 2. The van der Waals surface area contributed by atoms with Crippen molar-refractivity contribution >= 4 is 15.4 Å². The van der Waals surface area contributed by atoms with Crippen LogP contribution in [0.4, 0.5) is 13.2 Å². The third-order valence-corrected chi connectivity index (χ3v) is 4.82. The van der Waals surface area contributed by atoms with Crippen molar-refractivity contribution in [2.75, 3.05) is 0 Å². The van der Waals surface area contributed by atoms with Crippen LogP contribution >= 0.6 is 0 Å². The predicted octanol–water partition coefficient (Wildman–Crippen LogP) is 4.30. The van der Waals surface area contributed by atoms with Gasteiger partial charge in [-0.2, -0.15) is 8.78 Å². The van der Waals surface area contributed by atoms with Crippen LogP contribution in [0.1, 0.15) is 12.5 Å². The molecule has 116 valence electrons. The molecule has 0 fully saturated rings. The van der Waals surface area contributed by atoms with E-state index in [2.05, 4.69) is 0 Å². The maximum absolute atomic E-state index is 14.2. The van der Waals surface area contributed by atoms with Gasteiger partial charge in [0.25, 0.3) is 0 Å². The summed E-state index contributed by atoms with van der Waals surface area (Å²) in [5.74, 6) is -0.500. The van der Waals surface area contributed by atoms with Gasteiger partial charge < -0.3 is 0 Å². The second-order valence-electron chi connectivity index (χ2n) is 4.71. The molecule has 2 aromatic rings. The van der Waals surface area contributed by atoms with Crippen molar-refractivity contribution in [1.82, 2.24) is 0 Å². The first-order valence-electron chi connectivity index (χ1n) is 6.37. The summed E-state index contributed by atoms with van der Waals surface area (Å²) in [5.41, 5.74) is 0.369. The van der Waals surface area contributed by atoms with E-state index >= 15 is 0 Å². The Morgan fingerprint density at radius 1 is 1.00 bits per heavy atom. The Hall–Kier alpha value is -2.08. The smallest absolute Gasteiger partial charge is 0.217 e. The number of allylic oxidation sites excluding steroid dienone is 1. The maximum Gasteiger partial charge on any atom is 0.369 e. The quantitative estimate of drug-likeness (QED) is 0.840. The van der Waals surface area contributed by atoms with Crippen molar-refractivity contribution in [3.8, 4) is 0 Å². The summed E-state index contributed by atoms with van der Waals surface area (Å²) in [6.45, 7) is 1.35. The maximum atomic E-state index is 14.2. The number of rotatable bonds is 4. The Balaban J connectivity index is 2.42. The molecule has 2 aromatic carbocycles. The predicted molar refractivity (Wildman–Crippen MR) is 78.6 cm³/mol. The molecule has 0 heterocycles. The second-order valence-corrected chi connectivity index (χ2v) is 6.74. The summed E-state index contributed by atoms with van der Waals surface area (Å²) in [6.07, 6.45) is 0.378. The topological polar surface area (TPSA) is 34.1 Å². The Labute approximate surface area is 126 Å². The molecule has 0 atom stereocenters. The van der Waals surface area contributed by atoms with E-state index in [4.69, 9.17) is 0 Å². The minimum atomic E-state index is -4.83. The Bertz CT molecular complexity index is 780. The van der Waals surface area contributed by atoms with Crippen molar-refractivity contribution in [1.29, 1.82) is 0 Å². The summed E-state index contributed by atoms with van der Waals surface area (Å²) in [5, 5.41) is -4.06. The van der Waals surface area contributed by atoms with Crippen LogP contribution in [0, 0.1) is 5.82 Å². The van der Waals surface area contributed by atoms with Gasteiger partial charge in [0.2, 0.25) is 9.84 Å². The second kappa shape index (κ2) is 5.96. The molecule has 0 bridgehead atoms. The van der Waals surface area contributed by atoms with Gasteiger partial charge in [0, 0.05) is 6.08 Å². The highest BCUT2D eigenvalue weighted by Crippen LogP contribution is 2.33. The number of hydrogen-bond donors (Lipinski definition) is 0. The highest BCUT2D eigenvalue weighted by atomic mass is 32.2. The first-order chi connectivity index (χ1) is 10.2. The summed E-state index contributed by atoms with van der Waals surface area (Å²) >= 11 is 0. The van der Waals surface area contributed by atoms with E-state index in [1.807, 2.05) is 0 Å². The Morgan fingerprint density at radius 2 is 1.55 bits per heavy atom. The van der Waals surface area contributed by atoms with Gasteiger partial charge >= 0.3 is 5.25 Å². The molecule has 0 saturated heterocycles. The van der Waals surface area contributed by atoms with Crippen LogP contribution in [0.15, 0.2) is 65.6 Å². The average molecular weight is 326 g/mol. The molecule has 0 spiro atoms. The summed E-state index contributed by atoms with van der Waals surface area (Å²) < 4.78 is 65.2. The van der Waals surface area contributed by atoms with Crippen LogP contribution in [0.25, 0.3) is 5.57 Å². The third kappa shape index (κ3) is 3.22. The molecular formula is C16H13F3O2S. The Morgan fingerprint density at radius 3 is 2.09 bits per heavy atom. The van der Waals surface area contributed by atoms with Gasteiger partial charge in [0.05, 0.1) is 4.90 Å². The molecule has 0 N–H and O–H groups in total. The molecule has 2 nitrogen and oxygen atoms in total. The van der Waals surface area contributed by atoms with E-state index < -0.39 is 25.8 Å². The zero-order valence-electron chi connectivity index (χ0n) is 11.6. The van der Waals surface area contributed by atoms with E-state index in [0.717, 1.165) is 24.3 Å².